The molecule has 0 aromatic heterocycles. The van der Waals surface area contributed by atoms with Gasteiger partial charge >= 0.3 is 17.9 Å². The van der Waals surface area contributed by atoms with Crippen molar-refractivity contribution in [2.75, 3.05) is 21.3 Å². The summed E-state index contributed by atoms with van der Waals surface area (Å²) in [4.78, 5) is 36.3. The van der Waals surface area contributed by atoms with Crippen LogP contribution in [0.25, 0.3) is 0 Å². The molecule has 3 atom stereocenters. The second-order valence-electron chi connectivity index (χ2n) is 6.76. The molecule has 0 aromatic carbocycles. The number of aliphatic hydroxyl groups excluding tert-OH is 1. The van der Waals surface area contributed by atoms with E-state index in [4.69, 9.17) is 14.2 Å². The Bertz CT molecular complexity index is 646. The minimum atomic E-state index is -0.793. The number of esters is 3. The summed E-state index contributed by atoms with van der Waals surface area (Å²) in [6, 6.07) is 0. The number of carbonyl (C=O) groups excluding carboxylic acids is 3. The molecular weight excluding hydrogens is 328 g/mol. The summed E-state index contributed by atoms with van der Waals surface area (Å²) in [7, 11) is 3.73. The van der Waals surface area contributed by atoms with E-state index in [1.54, 1.807) is 6.08 Å². The van der Waals surface area contributed by atoms with E-state index < -0.39 is 11.9 Å². The van der Waals surface area contributed by atoms with Gasteiger partial charge in [0.2, 0.25) is 0 Å². The van der Waals surface area contributed by atoms with Crippen LogP contribution in [-0.2, 0) is 28.6 Å². The topological polar surface area (TPSA) is 99.1 Å². The average molecular weight is 352 g/mol. The van der Waals surface area contributed by atoms with E-state index in [1.165, 1.54) is 21.3 Å². The van der Waals surface area contributed by atoms with Gasteiger partial charge in [-0.15, -0.1) is 0 Å². The van der Waals surface area contributed by atoms with E-state index in [0.717, 1.165) is 0 Å². The Morgan fingerprint density at radius 3 is 2.32 bits per heavy atom. The number of aliphatic hydroxyl groups is 1. The summed E-state index contributed by atoms with van der Waals surface area (Å²) in [5.74, 6) is -2.46. The number of fused-ring (bicyclic) bond motifs is 1. The molecule has 0 amide bonds. The molecule has 0 saturated heterocycles. The van der Waals surface area contributed by atoms with Crippen LogP contribution in [0, 0.1) is 17.3 Å². The molecule has 2 aliphatic carbocycles. The normalized spacial score (nSPS) is 29.0. The van der Waals surface area contributed by atoms with Crippen LogP contribution in [0.2, 0.25) is 0 Å². The van der Waals surface area contributed by atoms with Crippen LogP contribution in [0.5, 0.6) is 0 Å². The Labute approximate surface area is 146 Å². The summed E-state index contributed by atoms with van der Waals surface area (Å²) in [6.45, 7) is 1.97. The molecular formula is C18H24O7. The predicted molar refractivity (Wildman–Crippen MR) is 87.3 cm³/mol. The minimum Gasteiger partial charge on any atom is -0.511 e. The number of methoxy groups -OCH3 is 3. The average Bonchev–Trinajstić information content (AvgIpc) is 2.90. The molecule has 0 aliphatic heterocycles. The predicted octanol–water partition coefficient (Wildman–Crippen LogP) is 2.07. The van der Waals surface area contributed by atoms with Crippen LogP contribution < -0.4 is 0 Å². The van der Waals surface area contributed by atoms with Crippen LogP contribution in [-0.4, -0.2) is 44.3 Å². The molecule has 0 radical (unpaired) electrons. The summed E-state index contributed by atoms with van der Waals surface area (Å²) in [6.07, 6.45) is 3.46. The first kappa shape index (κ1) is 19.0. The lowest BCUT2D eigenvalue weighted by Gasteiger charge is -2.34. The summed E-state index contributed by atoms with van der Waals surface area (Å²) >= 11 is 0. The molecule has 1 saturated carbocycles. The third kappa shape index (κ3) is 3.41. The highest BCUT2D eigenvalue weighted by Crippen LogP contribution is 2.53. The molecule has 25 heavy (non-hydrogen) atoms. The van der Waals surface area contributed by atoms with Crippen molar-refractivity contribution in [3.63, 3.8) is 0 Å². The van der Waals surface area contributed by atoms with Crippen LogP contribution in [0.4, 0.5) is 0 Å². The van der Waals surface area contributed by atoms with E-state index >= 15 is 0 Å². The van der Waals surface area contributed by atoms with Crippen molar-refractivity contribution in [2.45, 2.75) is 32.6 Å². The Hall–Kier alpha value is -2.31. The van der Waals surface area contributed by atoms with Gasteiger partial charge in [-0.3, -0.25) is 4.79 Å². The summed E-state index contributed by atoms with van der Waals surface area (Å²) < 4.78 is 14.4. The molecule has 7 nitrogen and oxygen atoms in total. The van der Waals surface area contributed by atoms with Gasteiger partial charge in [-0.1, -0.05) is 13.0 Å². The monoisotopic (exact) mass is 352 g/mol. The van der Waals surface area contributed by atoms with Crippen molar-refractivity contribution in [1.82, 2.24) is 0 Å². The zero-order valence-electron chi connectivity index (χ0n) is 15.0. The molecule has 7 heteroatoms. The van der Waals surface area contributed by atoms with E-state index in [0.29, 0.717) is 19.3 Å². The van der Waals surface area contributed by atoms with Crippen molar-refractivity contribution < 1.29 is 33.7 Å². The zero-order valence-corrected chi connectivity index (χ0v) is 15.0. The van der Waals surface area contributed by atoms with Crippen LogP contribution in [0.15, 0.2) is 23.0 Å². The highest BCUT2D eigenvalue weighted by atomic mass is 16.5. The van der Waals surface area contributed by atoms with Crippen LogP contribution in [0.1, 0.15) is 32.6 Å². The van der Waals surface area contributed by atoms with Crippen molar-refractivity contribution in [2.24, 2.45) is 17.3 Å². The van der Waals surface area contributed by atoms with Crippen molar-refractivity contribution in [3.05, 3.63) is 23.0 Å². The maximum absolute atomic E-state index is 12.1. The fraction of sp³-hybridized carbons (Fsp3) is 0.611. The second-order valence-corrected chi connectivity index (χ2v) is 6.76. The maximum Gasteiger partial charge on any atom is 0.342 e. The van der Waals surface area contributed by atoms with Gasteiger partial charge in [0.1, 0.15) is 11.3 Å². The van der Waals surface area contributed by atoms with Gasteiger partial charge < -0.3 is 19.3 Å². The van der Waals surface area contributed by atoms with Crippen molar-refractivity contribution in [3.8, 4) is 0 Å². The third-order valence-electron chi connectivity index (χ3n) is 5.41. The van der Waals surface area contributed by atoms with E-state index in [1.807, 2.05) is 6.92 Å². The minimum absolute atomic E-state index is 0.0376. The lowest BCUT2D eigenvalue weighted by atomic mass is 9.70. The largest absolute Gasteiger partial charge is 0.511 e. The van der Waals surface area contributed by atoms with Gasteiger partial charge in [0.15, 0.2) is 0 Å². The zero-order chi connectivity index (χ0) is 18.8. The van der Waals surface area contributed by atoms with E-state index in [9.17, 15) is 19.5 Å². The van der Waals surface area contributed by atoms with Gasteiger partial charge in [-0.2, -0.15) is 0 Å². The quantitative estimate of drug-likeness (QED) is 0.613. The molecule has 2 rings (SSSR count). The van der Waals surface area contributed by atoms with Crippen LogP contribution >= 0.6 is 0 Å². The van der Waals surface area contributed by atoms with Gasteiger partial charge in [-0.25, -0.2) is 9.59 Å². The Kier molecular flexibility index (Phi) is 5.55. The molecule has 0 heterocycles. The third-order valence-corrected chi connectivity index (χ3v) is 5.41. The smallest absolute Gasteiger partial charge is 0.342 e. The van der Waals surface area contributed by atoms with E-state index in [-0.39, 0.29) is 46.5 Å². The molecule has 0 aromatic rings. The van der Waals surface area contributed by atoms with Crippen molar-refractivity contribution >= 4 is 17.9 Å². The Balaban J connectivity index is 2.52. The molecule has 0 spiro atoms. The number of hydrogen-bond donors (Lipinski definition) is 1. The maximum atomic E-state index is 12.1. The molecule has 1 fully saturated rings. The molecule has 0 unspecified atom stereocenters. The number of ether oxygens (including phenoxy) is 3. The number of carbonyl (C=O) groups is 3. The first-order valence-electron chi connectivity index (χ1n) is 8.16. The summed E-state index contributed by atoms with van der Waals surface area (Å²) in [5.41, 5.74) is -0.597. The number of rotatable bonds is 3. The molecule has 2 aliphatic rings. The van der Waals surface area contributed by atoms with Gasteiger partial charge in [-0.05, 0) is 30.6 Å². The molecule has 0 bridgehead atoms. The van der Waals surface area contributed by atoms with Gasteiger partial charge in [0, 0.05) is 6.42 Å². The highest BCUT2D eigenvalue weighted by molar-refractivity contribution is 6.07. The molecule has 138 valence electrons. The first-order valence-corrected chi connectivity index (χ1v) is 8.16. The Morgan fingerprint density at radius 1 is 1.12 bits per heavy atom. The SMILES string of the molecule is COC(=O)C1=CC[C@@H]2[C@@H](C(=O)OC)CC[C@]2(C)CC(O)=C1C(=O)OC. The fourth-order valence-corrected chi connectivity index (χ4v) is 4.06. The lowest BCUT2D eigenvalue weighted by molar-refractivity contribution is -0.147. The fourth-order valence-electron chi connectivity index (χ4n) is 4.06. The number of hydrogen-bond acceptors (Lipinski definition) is 7. The number of allylic oxidation sites excluding steroid dienone is 2. The van der Waals surface area contributed by atoms with Crippen LogP contribution in [0.3, 0.4) is 0 Å². The highest BCUT2D eigenvalue weighted by Gasteiger charge is 2.49. The Morgan fingerprint density at radius 2 is 1.76 bits per heavy atom. The molecule has 1 N–H and O–H groups in total. The second kappa shape index (κ2) is 7.29. The van der Waals surface area contributed by atoms with E-state index in [2.05, 4.69) is 0 Å². The van der Waals surface area contributed by atoms with Crippen molar-refractivity contribution in [1.29, 1.82) is 0 Å². The first-order chi connectivity index (χ1) is 11.8. The standard InChI is InChI=1S/C18H24O7/c1-18-8-7-10(15(20)23-2)12(18)6-5-11(16(21)24-3)14(13(19)9-18)17(22)25-4/h5,10,12,19H,6-9H2,1-4H3/t10-,12+,18+/m0/s1. The lowest BCUT2D eigenvalue weighted by Crippen LogP contribution is -2.32. The van der Waals surface area contributed by atoms with Gasteiger partial charge in [0.05, 0.1) is 32.8 Å². The summed E-state index contributed by atoms with van der Waals surface area (Å²) in [5, 5.41) is 10.6. The van der Waals surface area contributed by atoms with Gasteiger partial charge in [0.25, 0.3) is 0 Å².